The van der Waals surface area contributed by atoms with Gasteiger partial charge in [0.25, 0.3) is 0 Å². The van der Waals surface area contributed by atoms with E-state index in [0.29, 0.717) is 22.7 Å². The molecule has 4 heteroatoms. The SMILES string of the molecule is COc1cc(OC)cc(-c2cc(F)ccc2N)c1. The van der Waals surface area contributed by atoms with E-state index in [1.54, 1.807) is 32.4 Å². The normalized spacial score (nSPS) is 10.2. The maximum atomic E-state index is 13.3. The third-order valence-corrected chi connectivity index (χ3v) is 2.68. The monoisotopic (exact) mass is 247 g/mol. The smallest absolute Gasteiger partial charge is 0.123 e. The van der Waals surface area contributed by atoms with Crippen molar-refractivity contribution in [1.82, 2.24) is 0 Å². The maximum absolute atomic E-state index is 13.3. The summed E-state index contributed by atoms with van der Waals surface area (Å²) in [5.41, 5.74) is 7.73. The highest BCUT2D eigenvalue weighted by Gasteiger charge is 2.08. The molecule has 0 aliphatic rings. The zero-order valence-electron chi connectivity index (χ0n) is 10.2. The maximum Gasteiger partial charge on any atom is 0.123 e. The Morgan fingerprint density at radius 2 is 1.56 bits per heavy atom. The lowest BCUT2D eigenvalue weighted by atomic mass is 10.0. The number of methoxy groups -OCH3 is 2. The highest BCUT2D eigenvalue weighted by Crippen LogP contribution is 2.33. The van der Waals surface area contributed by atoms with Crippen molar-refractivity contribution in [2.24, 2.45) is 0 Å². The van der Waals surface area contributed by atoms with Gasteiger partial charge in [0.1, 0.15) is 17.3 Å². The molecule has 0 radical (unpaired) electrons. The van der Waals surface area contributed by atoms with E-state index in [2.05, 4.69) is 0 Å². The Morgan fingerprint density at radius 1 is 0.944 bits per heavy atom. The molecule has 3 nitrogen and oxygen atoms in total. The first-order valence-corrected chi connectivity index (χ1v) is 5.42. The van der Waals surface area contributed by atoms with Gasteiger partial charge in [0.15, 0.2) is 0 Å². The Hall–Kier alpha value is -2.23. The van der Waals surface area contributed by atoms with Crippen molar-refractivity contribution < 1.29 is 13.9 Å². The summed E-state index contributed by atoms with van der Waals surface area (Å²) in [6, 6.07) is 9.58. The number of benzene rings is 2. The van der Waals surface area contributed by atoms with E-state index in [1.165, 1.54) is 18.2 Å². The molecule has 0 spiro atoms. The Labute approximate surface area is 105 Å². The van der Waals surface area contributed by atoms with Gasteiger partial charge in [-0.25, -0.2) is 4.39 Å². The lowest BCUT2D eigenvalue weighted by molar-refractivity contribution is 0.394. The molecular formula is C14H14FNO2. The van der Waals surface area contributed by atoms with E-state index in [4.69, 9.17) is 15.2 Å². The quantitative estimate of drug-likeness (QED) is 0.848. The van der Waals surface area contributed by atoms with Crippen LogP contribution in [-0.4, -0.2) is 14.2 Å². The lowest BCUT2D eigenvalue weighted by Gasteiger charge is -2.10. The molecule has 0 saturated heterocycles. The second kappa shape index (κ2) is 4.96. The van der Waals surface area contributed by atoms with Crippen LogP contribution in [0.2, 0.25) is 0 Å². The molecule has 0 heterocycles. The molecule has 0 aromatic heterocycles. The van der Waals surface area contributed by atoms with E-state index in [-0.39, 0.29) is 5.82 Å². The summed E-state index contributed by atoms with van der Waals surface area (Å²) in [6.45, 7) is 0. The van der Waals surface area contributed by atoms with Crippen LogP contribution in [0, 0.1) is 5.82 Å². The molecule has 0 bridgehead atoms. The summed E-state index contributed by atoms with van der Waals surface area (Å²) < 4.78 is 23.6. The second-order valence-corrected chi connectivity index (χ2v) is 3.83. The van der Waals surface area contributed by atoms with E-state index < -0.39 is 0 Å². The zero-order valence-corrected chi connectivity index (χ0v) is 10.2. The molecule has 0 atom stereocenters. The Kier molecular flexibility index (Phi) is 3.37. The Morgan fingerprint density at radius 3 is 2.11 bits per heavy atom. The van der Waals surface area contributed by atoms with Crippen LogP contribution in [0.5, 0.6) is 11.5 Å². The summed E-state index contributed by atoms with van der Waals surface area (Å²) >= 11 is 0. The van der Waals surface area contributed by atoms with Gasteiger partial charge in [-0.05, 0) is 35.9 Å². The molecule has 94 valence electrons. The predicted molar refractivity (Wildman–Crippen MR) is 69.4 cm³/mol. The average Bonchev–Trinajstić information content (AvgIpc) is 2.40. The molecule has 0 unspecified atom stereocenters. The van der Waals surface area contributed by atoms with Crippen LogP contribution in [-0.2, 0) is 0 Å². The fourth-order valence-electron chi connectivity index (χ4n) is 1.74. The average molecular weight is 247 g/mol. The molecule has 0 saturated carbocycles. The molecule has 18 heavy (non-hydrogen) atoms. The highest BCUT2D eigenvalue weighted by atomic mass is 19.1. The largest absolute Gasteiger partial charge is 0.497 e. The first-order valence-electron chi connectivity index (χ1n) is 5.42. The minimum absolute atomic E-state index is 0.332. The van der Waals surface area contributed by atoms with E-state index in [9.17, 15) is 4.39 Å². The summed E-state index contributed by atoms with van der Waals surface area (Å²) in [5, 5.41) is 0. The third kappa shape index (κ3) is 2.37. The van der Waals surface area contributed by atoms with Gasteiger partial charge in [0.2, 0.25) is 0 Å². The van der Waals surface area contributed by atoms with Gasteiger partial charge < -0.3 is 15.2 Å². The first kappa shape index (κ1) is 12.2. The number of anilines is 1. The third-order valence-electron chi connectivity index (χ3n) is 2.68. The number of hydrogen-bond acceptors (Lipinski definition) is 3. The molecule has 2 aromatic carbocycles. The fourth-order valence-corrected chi connectivity index (χ4v) is 1.74. The number of halogens is 1. The van der Waals surface area contributed by atoms with E-state index in [0.717, 1.165) is 5.56 Å². The molecule has 0 fully saturated rings. The summed E-state index contributed by atoms with van der Waals surface area (Å²) in [4.78, 5) is 0. The van der Waals surface area contributed by atoms with Gasteiger partial charge in [-0.2, -0.15) is 0 Å². The van der Waals surface area contributed by atoms with Crippen molar-refractivity contribution in [2.45, 2.75) is 0 Å². The molecule has 0 aliphatic carbocycles. The minimum atomic E-state index is -0.332. The van der Waals surface area contributed by atoms with Gasteiger partial charge >= 0.3 is 0 Å². The fraction of sp³-hybridized carbons (Fsp3) is 0.143. The number of nitrogens with two attached hydrogens (primary N) is 1. The Balaban J connectivity index is 2.58. The molecule has 0 aliphatic heterocycles. The molecule has 2 aromatic rings. The van der Waals surface area contributed by atoms with Gasteiger partial charge in [-0.1, -0.05) is 0 Å². The van der Waals surface area contributed by atoms with Crippen LogP contribution in [0.15, 0.2) is 36.4 Å². The van der Waals surface area contributed by atoms with Crippen molar-refractivity contribution in [1.29, 1.82) is 0 Å². The second-order valence-electron chi connectivity index (χ2n) is 3.83. The summed E-state index contributed by atoms with van der Waals surface area (Å²) in [6.07, 6.45) is 0. The van der Waals surface area contributed by atoms with Crippen LogP contribution in [0.3, 0.4) is 0 Å². The van der Waals surface area contributed by atoms with Crippen molar-refractivity contribution in [2.75, 3.05) is 20.0 Å². The number of hydrogen-bond donors (Lipinski definition) is 1. The van der Waals surface area contributed by atoms with Crippen LogP contribution in [0.1, 0.15) is 0 Å². The summed E-state index contributed by atoms with van der Waals surface area (Å²) in [7, 11) is 3.13. The van der Waals surface area contributed by atoms with E-state index in [1.807, 2.05) is 0 Å². The molecule has 2 N–H and O–H groups in total. The van der Waals surface area contributed by atoms with Gasteiger partial charge in [0.05, 0.1) is 14.2 Å². The lowest BCUT2D eigenvalue weighted by Crippen LogP contribution is -1.93. The van der Waals surface area contributed by atoms with Crippen molar-refractivity contribution in [3.63, 3.8) is 0 Å². The van der Waals surface area contributed by atoms with Gasteiger partial charge in [-0.3, -0.25) is 0 Å². The predicted octanol–water partition coefficient (Wildman–Crippen LogP) is 3.09. The molecule has 2 rings (SSSR count). The van der Waals surface area contributed by atoms with Crippen LogP contribution in [0.25, 0.3) is 11.1 Å². The van der Waals surface area contributed by atoms with Gasteiger partial charge in [-0.15, -0.1) is 0 Å². The van der Waals surface area contributed by atoms with Crippen LogP contribution < -0.4 is 15.2 Å². The topological polar surface area (TPSA) is 44.5 Å². The van der Waals surface area contributed by atoms with Crippen LogP contribution in [0.4, 0.5) is 10.1 Å². The first-order chi connectivity index (χ1) is 8.63. The standard InChI is InChI=1S/C14H14FNO2/c1-17-11-5-9(6-12(8-11)18-2)13-7-10(15)3-4-14(13)16/h3-8H,16H2,1-2H3. The van der Waals surface area contributed by atoms with Crippen molar-refractivity contribution >= 4 is 5.69 Å². The van der Waals surface area contributed by atoms with E-state index >= 15 is 0 Å². The van der Waals surface area contributed by atoms with Gasteiger partial charge in [0, 0.05) is 17.3 Å². The highest BCUT2D eigenvalue weighted by molar-refractivity contribution is 5.78. The summed E-state index contributed by atoms with van der Waals surface area (Å²) in [5.74, 6) is 0.932. The minimum Gasteiger partial charge on any atom is -0.497 e. The van der Waals surface area contributed by atoms with Crippen LogP contribution >= 0.6 is 0 Å². The Bertz CT molecular complexity index is 547. The van der Waals surface area contributed by atoms with Crippen molar-refractivity contribution in [3.05, 3.63) is 42.2 Å². The zero-order chi connectivity index (χ0) is 13.1. The number of rotatable bonds is 3. The molecular weight excluding hydrogens is 233 g/mol. The number of ether oxygens (including phenoxy) is 2. The van der Waals surface area contributed by atoms with Crippen molar-refractivity contribution in [3.8, 4) is 22.6 Å². The number of nitrogen functional groups attached to an aromatic ring is 1. The molecule has 0 amide bonds.